The molecule has 3 heterocycles. The summed E-state index contributed by atoms with van der Waals surface area (Å²) in [6.45, 7) is 3.76. The maximum Gasteiger partial charge on any atom is 0.258 e. The van der Waals surface area contributed by atoms with Gasteiger partial charge in [-0.15, -0.1) is 0 Å². The van der Waals surface area contributed by atoms with E-state index < -0.39 is 11.0 Å². The Hall–Kier alpha value is -3.04. The fraction of sp³-hybridized carbons (Fsp3) is 0.348. The van der Waals surface area contributed by atoms with E-state index in [0.29, 0.717) is 16.3 Å². The molecule has 0 saturated carbocycles. The second kappa shape index (κ2) is 10.1. The van der Waals surface area contributed by atoms with Gasteiger partial charge in [0.05, 0.1) is 4.90 Å². The smallest absolute Gasteiger partial charge is 0.258 e. The molecule has 2 N–H and O–H groups in total. The maximum atomic E-state index is 12.6. The molecular formula is C23H27N5O3S. The van der Waals surface area contributed by atoms with Gasteiger partial charge in [-0.25, -0.2) is 19.3 Å². The minimum Gasteiger partial charge on any atom is -0.490 e. The van der Waals surface area contributed by atoms with Crippen LogP contribution in [0.5, 0.6) is 5.75 Å². The molecule has 0 spiro atoms. The summed E-state index contributed by atoms with van der Waals surface area (Å²) in [6.07, 6.45) is 9.29. The van der Waals surface area contributed by atoms with Gasteiger partial charge in [0.2, 0.25) is 5.95 Å². The first-order valence-electron chi connectivity index (χ1n) is 10.8. The van der Waals surface area contributed by atoms with E-state index in [1.807, 2.05) is 12.4 Å². The van der Waals surface area contributed by atoms with Gasteiger partial charge in [0, 0.05) is 56.3 Å². The van der Waals surface area contributed by atoms with E-state index in [0.717, 1.165) is 50.3 Å². The lowest BCUT2D eigenvalue weighted by molar-refractivity contribution is 0.170. The second-order valence-corrected chi connectivity index (χ2v) is 8.87. The number of rotatable bonds is 7. The summed E-state index contributed by atoms with van der Waals surface area (Å²) in [5, 5.41) is 5.38. The molecule has 1 aliphatic heterocycles. The predicted molar refractivity (Wildman–Crippen MR) is 125 cm³/mol. The first-order valence-corrected chi connectivity index (χ1v) is 12.0. The van der Waals surface area contributed by atoms with Gasteiger partial charge in [0.1, 0.15) is 22.8 Å². The Morgan fingerprint density at radius 3 is 2.41 bits per heavy atom. The highest BCUT2D eigenvalue weighted by Crippen LogP contribution is 2.21. The van der Waals surface area contributed by atoms with Crippen LogP contribution >= 0.6 is 0 Å². The van der Waals surface area contributed by atoms with Crippen molar-refractivity contribution in [2.45, 2.75) is 43.6 Å². The van der Waals surface area contributed by atoms with Crippen molar-refractivity contribution in [1.29, 1.82) is 0 Å². The van der Waals surface area contributed by atoms with Gasteiger partial charge in [0.25, 0.3) is 5.56 Å². The lowest BCUT2D eigenvalue weighted by Crippen LogP contribution is -2.39. The number of anilines is 1. The fourth-order valence-corrected chi connectivity index (χ4v) is 4.19. The van der Waals surface area contributed by atoms with Crippen molar-refractivity contribution >= 4 is 16.9 Å². The third-order valence-electron chi connectivity index (χ3n) is 5.50. The third-order valence-corrected chi connectivity index (χ3v) is 6.23. The van der Waals surface area contributed by atoms with Gasteiger partial charge in [0.15, 0.2) is 0 Å². The summed E-state index contributed by atoms with van der Waals surface area (Å²) in [5.74, 6) is 1.32. The molecule has 2 aromatic heterocycles. The van der Waals surface area contributed by atoms with Crippen molar-refractivity contribution in [2.24, 2.45) is 5.14 Å². The largest absolute Gasteiger partial charge is 0.490 e. The molecule has 0 amide bonds. The van der Waals surface area contributed by atoms with Crippen molar-refractivity contribution in [3.8, 4) is 11.4 Å². The summed E-state index contributed by atoms with van der Waals surface area (Å²) < 4.78 is 18.9. The molecule has 9 heteroatoms. The average molecular weight is 454 g/mol. The number of aromatic nitrogens is 3. The molecule has 8 nitrogen and oxygen atoms in total. The van der Waals surface area contributed by atoms with Crippen LogP contribution in [0.4, 0.5) is 5.95 Å². The number of nitrogens with two attached hydrogens (primary N) is 1. The Morgan fingerprint density at radius 2 is 1.81 bits per heavy atom. The van der Waals surface area contributed by atoms with Crippen molar-refractivity contribution < 1.29 is 8.95 Å². The van der Waals surface area contributed by atoms with E-state index in [9.17, 15) is 9.00 Å². The molecule has 0 radical (unpaired) electrons. The topological polar surface area (TPSA) is 103 Å². The summed E-state index contributed by atoms with van der Waals surface area (Å²) in [6, 6.07) is 10.0. The lowest BCUT2D eigenvalue weighted by atomic mass is 10.1. The highest BCUT2D eigenvalue weighted by Gasteiger charge is 2.22. The Balaban J connectivity index is 1.35. The minimum atomic E-state index is -1.54. The van der Waals surface area contributed by atoms with E-state index in [1.165, 1.54) is 10.6 Å². The molecule has 1 aromatic carbocycles. The number of hydrogen-bond acceptors (Lipinski definition) is 6. The van der Waals surface area contributed by atoms with E-state index in [-0.39, 0.29) is 11.7 Å². The quantitative estimate of drug-likeness (QED) is 0.590. The van der Waals surface area contributed by atoms with Gasteiger partial charge in [-0.05, 0) is 42.3 Å². The molecule has 4 rings (SSSR count). The number of benzene rings is 1. The number of nitrogens with zero attached hydrogens (tertiary/aromatic N) is 4. The van der Waals surface area contributed by atoms with Crippen LogP contribution in [0.1, 0.15) is 31.7 Å². The highest BCUT2D eigenvalue weighted by atomic mass is 32.2. The monoisotopic (exact) mass is 453 g/mol. The molecule has 1 aliphatic rings. The zero-order valence-corrected chi connectivity index (χ0v) is 18.8. The molecule has 168 valence electrons. The molecule has 3 aromatic rings. The van der Waals surface area contributed by atoms with Gasteiger partial charge in [-0.1, -0.05) is 13.3 Å². The summed E-state index contributed by atoms with van der Waals surface area (Å²) in [5.41, 5.74) is 1.64. The molecule has 0 aliphatic carbocycles. The number of hydrogen-bond donors (Lipinski definition) is 1. The summed E-state index contributed by atoms with van der Waals surface area (Å²) in [7, 11) is -1.54. The van der Waals surface area contributed by atoms with Gasteiger partial charge < -0.3 is 9.64 Å². The SMILES string of the molecule is CCCc1cnc(N2CCC(Oc3ccn(-c4ccc(S(N)=O)cc4)c(=O)c3)CC2)nc1. The summed E-state index contributed by atoms with van der Waals surface area (Å²) in [4.78, 5) is 24.3. The number of pyridine rings is 1. The third kappa shape index (κ3) is 5.23. The Morgan fingerprint density at radius 1 is 1.12 bits per heavy atom. The van der Waals surface area contributed by atoms with E-state index in [1.54, 1.807) is 36.5 Å². The second-order valence-electron chi connectivity index (χ2n) is 7.81. The van der Waals surface area contributed by atoms with Crippen molar-refractivity contribution in [2.75, 3.05) is 18.0 Å². The molecule has 32 heavy (non-hydrogen) atoms. The van der Waals surface area contributed by atoms with Gasteiger partial charge in [-0.3, -0.25) is 9.36 Å². The minimum absolute atomic E-state index is 0.0414. The first kappa shape index (κ1) is 22.2. The van der Waals surface area contributed by atoms with Crippen molar-refractivity contribution in [3.63, 3.8) is 0 Å². The van der Waals surface area contributed by atoms with Crippen LogP contribution in [0.25, 0.3) is 5.69 Å². The van der Waals surface area contributed by atoms with Crippen LogP contribution < -0.4 is 20.3 Å². The molecular weight excluding hydrogens is 426 g/mol. The highest BCUT2D eigenvalue weighted by molar-refractivity contribution is 7.82. The van der Waals surface area contributed by atoms with Crippen LogP contribution in [0.3, 0.4) is 0 Å². The van der Waals surface area contributed by atoms with Crippen LogP contribution in [0.2, 0.25) is 0 Å². The zero-order chi connectivity index (χ0) is 22.5. The standard InChI is InChI=1S/C23H27N5O3S/c1-2-3-17-15-25-23(26-16-17)27-11-8-19(9-12-27)31-20-10-13-28(22(29)14-20)18-4-6-21(7-5-18)32(24)30/h4-7,10,13-16,19H,2-3,8-9,11-12,24H2,1H3. The van der Waals surface area contributed by atoms with E-state index in [4.69, 9.17) is 9.88 Å². The predicted octanol–water partition coefficient (Wildman–Crippen LogP) is 2.61. The zero-order valence-electron chi connectivity index (χ0n) is 18.0. The van der Waals surface area contributed by atoms with Crippen LogP contribution in [0.15, 0.2) is 64.7 Å². The first-order chi connectivity index (χ1) is 15.5. The van der Waals surface area contributed by atoms with Crippen LogP contribution in [-0.2, 0) is 17.4 Å². The Bertz CT molecular complexity index is 1120. The normalized spacial score (nSPS) is 15.5. The van der Waals surface area contributed by atoms with E-state index in [2.05, 4.69) is 21.8 Å². The van der Waals surface area contributed by atoms with Crippen molar-refractivity contribution in [1.82, 2.24) is 14.5 Å². The maximum absolute atomic E-state index is 12.6. The van der Waals surface area contributed by atoms with Crippen LogP contribution in [-0.4, -0.2) is 37.9 Å². The molecule has 1 atom stereocenters. The summed E-state index contributed by atoms with van der Waals surface area (Å²) >= 11 is 0. The molecule has 0 bridgehead atoms. The molecule has 1 fully saturated rings. The Kier molecular flexibility index (Phi) is 6.96. The van der Waals surface area contributed by atoms with Gasteiger partial charge >= 0.3 is 0 Å². The van der Waals surface area contributed by atoms with E-state index >= 15 is 0 Å². The number of aryl methyl sites for hydroxylation is 1. The average Bonchev–Trinajstić information content (AvgIpc) is 2.81. The molecule has 1 unspecified atom stereocenters. The number of ether oxygens (including phenoxy) is 1. The van der Waals surface area contributed by atoms with Crippen LogP contribution in [0, 0.1) is 0 Å². The van der Waals surface area contributed by atoms with Gasteiger partial charge in [-0.2, -0.15) is 0 Å². The molecule has 1 saturated heterocycles. The Labute approximate surface area is 189 Å². The number of piperidine rings is 1. The lowest BCUT2D eigenvalue weighted by Gasteiger charge is -2.32. The fourth-order valence-electron chi connectivity index (χ4n) is 3.78. The van der Waals surface area contributed by atoms with Crippen molar-refractivity contribution in [3.05, 3.63) is 70.9 Å².